The van der Waals surface area contributed by atoms with Gasteiger partial charge in [0.15, 0.2) is 0 Å². The molecule has 4 rings (SSSR count). The van der Waals surface area contributed by atoms with Crippen LogP contribution in [0.25, 0.3) is 11.4 Å². The molecule has 1 aliphatic heterocycles. The maximum absolute atomic E-state index is 13.1. The first-order chi connectivity index (χ1) is 15.0. The van der Waals surface area contributed by atoms with E-state index >= 15 is 0 Å². The molecule has 0 saturated carbocycles. The molecule has 1 fully saturated rings. The van der Waals surface area contributed by atoms with Gasteiger partial charge in [0.05, 0.1) is 12.5 Å². The fourth-order valence-electron chi connectivity index (χ4n) is 3.88. The van der Waals surface area contributed by atoms with Crippen molar-refractivity contribution in [2.45, 2.75) is 25.9 Å². The molecule has 6 nitrogen and oxygen atoms in total. The fraction of sp³-hybridized carbons (Fsp3) is 0.348. The van der Waals surface area contributed by atoms with Crippen LogP contribution in [0.3, 0.4) is 0 Å². The zero-order chi connectivity index (χ0) is 21.8. The molecule has 0 bridgehead atoms. The molecule has 1 aromatic heterocycles. The molecule has 1 amide bonds. The van der Waals surface area contributed by atoms with Gasteiger partial charge in [-0.05, 0) is 61.3 Å². The third-order valence-electron chi connectivity index (χ3n) is 5.49. The van der Waals surface area contributed by atoms with Crippen molar-refractivity contribution in [3.05, 3.63) is 70.8 Å². The smallest absolute Gasteiger partial charge is 0.246 e. The summed E-state index contributed by atoms with van der Waals surface area (Å²) in [6.07, 6.45) is 1.80. The normalized spacial score (nSPS) is 16.9. The highest BCUT2D eigenvalue weighted by Gasteiger charge is 2.28. The number of piperidine rings is 1. The van der Waals surface area contributed by atoms with Crippen LogP contribution < -0.4 is 0 Å². The molecule has 2 heterocycles. The summed E-state index contributed by atoms with van der Waals surface area (Å²) in [6.45, 7) is 2.58. The van der Waals surface area contributed by atoms with Gasteiger partial charge >= 0.3 is 0 Å². The molecule has 8 heteroatoms. The first kappa shape index (κ1) is 21.5. The number of amides is 1. The highest BCUT2D eigenvalue weighted by molar-refractivity contribution is 6.30. The Kier molecular flexibility index (Phi) is 6.63. The van der Waals surface area contributed by atoms with Crippen LogP contribution in [0.2, 0.25) is 5.02 Å². The Hall–Kier alpha value is -2.77. The number of carbonyl (C=O) groups excluding carboxylic acids is 1. The van der Waals surface area contributed by atoms with E-state index in [1.54, 1.807) is 36.2 Å². The average molecular weight is 443 g/mol. The Balaban J connectivity index is 1.34. The Labute approximate surface area is 185 Å². The summed E-state index contributed by atoms with van der Waals surface area (Å²) < 4.78 is 18.5. The zero-order valence-electron chi connectivity index (χ0n) is 17.3. The summed E-state index contributed by atoms with van der Waals surface area (Å²) in [7, 11) is 1.76. The molecule has 0 aliphatic carbocycles. The Morgan fingerprint density at radius 3 is 2.71 bits per heavy atom. The lowest BCUT2D eigenvalue weighted by Gasteiger charge is -2.33. The number of carbonyl (C=O) groups is 1. The summed E-state index contributed by atoms with van der Waals surface area (Å²) in [4.78, 5) is 21.3. The van der Waals surface area contributed by atoms with Gasteiger partial charge in [-0.1, -0.05) is 28.9 Å². The molecule has 1 unspecified atom stereocenters. The van der Waals surface area contributed by atoms with Crippen molar-refractivity contribution in [3.63, 3.8) is 0 Å². The second-order valence-corrected chi connectivity index (χ2v) is 8.35. The Bertz CT molecular complexity index is 1020. The molecule has 162 valence electrons. The molecule has 0 spiro atoms. The molecular formula is C23H24ClFN4O2. The number of hydrogen-bond donors (Lipinski definition) is 0. The van der Waals surface area contributed by atoms with Crippen LogP contribution in [0.5, 0.6) is 0 Å². The van der Waals surface area contributed by atoms with Crippen LogP contribution in [-0.4, -0.2) is 46.0 Å². The number of likely N-dealkylation sites (tertiary alicyclic amines) is 1. The second-order valence-electron chi connectivity index (χ2n) is 7.91. The van der Waals surface area contributed by atoms with E-state index in [-0.39, 0.29) is 24.2 Å². The van der Waals surface area contributed by atoms with Gasteiger partial charge in [0, 0.05) is 30.7 Å². The van der Waals surface area contributed by atoms with E-state index in [4.69, 9.17) is 16.1 Å². The summed E-state index contributed by atoms with van der Waals surface area (Å²) in [5.41, 5.74) is 1.85. The number of rotatable bonds is 6. The minimum absolute atomic E-state index is 0.0649. The summed E-state index contributed by atoms with van der Waals surface area (Å²) in [6, 6.07) is 13.7. The molecular weight excluding hydrogens is 419 g/mol. The summed E-state index contributed by atoms with van der Waals surface area (Å²) in [5, 5.41) is 4.64. The third kappa shape index (κ3) is 5.48. The van der Waals surface area contributed by atoms with E-state index < -0.39 is 0 Å². The van der Waals surface area contributed by atoms with Crippen molar-refractivity contribution in [2.24, 2.45) is 5.92 Å². The van der Waals surface area contributed by atoms with E-state index in [1.165, 1.54) is 12.1 Å². The molecule has 0 radical (unpaired) electrons. The van der Waals surface area contributed by atoms with E-state index in [0.29, 0.717) is 29.8 Å². The molecule has 1 saturated heterocycles. The lowest BCUT2D eigenvalue weighted by Crippen LogP contribution is -2.43. The molecule has 3 aromatic rings. The van der Waals surface area contributed by atoms with Gasteiger partial charge in [-0.3, -0.25) is 9.69 Å². The Morgan fingerprint density at radius 1 is 1.23 bits per heavy atom. The van der Waals surface area contributed by atoms with E-state index in [0.717, 1.165) is 30.5 Å². The van der Waals surface area contributed by atoms with E-state index in [1.807, 2.05) is 12.1 Å². The van der Waals surface area contributed by atoms with Crippen molar-refractivity contribution in [3.8, 4) is 11.4 Å². The number of halogens is 2. The highest BCUT2D eigenvalue weighted by atomic mass is 35.5. The van der Waals surface area contributed by atoms with Gasteiger partial charge in [-0.2, -0.15) is 4.98 Å². The highest BCUT2D eigenvalue weighted by Crippen LogP contribution is 2.22. The Morgan fingerprint density at radius 2 is 1.97 bits per heavy atom. The lowest BCUT2D eigenvalue weighted by molar-refractivity contribution is -0.137. The minimum Gasteiger partial charge on any atom is -0.337 e. The largest absolute Gasteiger partial charge is 0.337 e. The number of benzene rings is 2. The summed E-state index contributed by atoms with van der Waals surface area (Å²) >= 11 is 5.92. The van der Waals surface area contributed by atoms with E-state index in [9.17, 15) is 9.18 Å². The predicted molar refractivity (Wildman–Crippen MR) is 116 cm³/mol. The quantitative estimate of drug-likeness (QED) is 0.566. The average Bonchev–Trinajstić information content (AvgIpc) is 3.24. The van der Waals surface area contributed by atoms with Crippen LogP contribution >= 0.6 is 11.6 Å². The summed E-state index contributed by atoms with van der Waals surface area (Å²) in [5.74, 6) is 0.598. The number of aromatic nitrogens is 2. The maximum Gasteiger partial charge on any atom is 0.246 e. The monoisotopic (exact) mass is 442 g/mol. The third-order valence-corrected chi connectivity index (χ3v) is 5.75. The number of nitrogens with zero attached hydrogens (tertiary/aromatic N) is 4. The van der Waals surface area contributed by atoms with E-state index in [2.05, 4.69) is 15.0 Å². The van der Waals surface area contributed by atoms with Crippen LogP contribution in [0.15, 0.2) is 53.1 Å². The molecule has 31 heavy (non-hydrogen) atoms. The first-order valence-corrected chi connectivity index (χ1v) is 10.7. The van der Waals surface area contributed by atoms with Crippen molar-refractivity contribution in [1.82, 2.24) is 19.9 Å². The van der Waals surface area contributed by atoms with Crippen LogP contribution in [0, 0.1) is 11.7 Å². The number of hydrogen-bond acceptors (Lipinski definition) is 5. The van der Waals surface area contributed by atoms with Gasteiger partial charge in [0.25, 0.3) is 0 Å². The van der Waals surface area contributed by atoms with Crippen molar-refractivity contribution < 1.29 is 13.7 Å². The first-order valence-electron chi connectivity index (χ1n) is 10.3. The SMILES string of the molecule is CN(Cc1nc(-c2ccc(Cl)cc2)no1)C(=O)C1CCCN(Cc2ccc(F)cc2)C1. The molecule has 2 aromatic carbocycles. The predicted octanol–water partition coefficient (Wildman–Crippen LogP) is 4.40. The maximum atomic E-state index is 13.1. The van der Waals surface area contributed by atoms with Crippen molar-refractivity contribution in [2.75, 3.05) is 20.1 Å². The minimum atomic E-state index is -0.239. The van der Waals surface area contributed by atoms with Crippen LogP contribution in [0.4, 0.5) is 4.39 Å². The lowest BCUT2D eigenvalue weighted by atomic mass is 9.96. The second kappa shape index (κ2) is 9.58. The zero-order valence-corrected chi connectivity index (χ0v) is 18.1. The van der Waals surface area contributed by atoms with Gasteiger partial charge in [0.2, 0.25) is 17.6 Å². The van der Waals surface area contributed by atoms with Crippen molar-refractivity contribution in [1.29, 1.82) is 0 Å². The standard InChI is InChI=1S/C23H24ClFN4O2/c1-28(15-21-26-22(27-31-21)17-6-8-19(24)9-7-17)23(30)18-3-2-12-29(14-18)13-16-4-10-20(25)11-5-16/h4-11,18H,2-3,12-15H2,1H3. The van der Waals surface area contributed by atoms with Crippen LogP contribution in [0.1, 0.15) is 24.3 Å². The molecule has 1 atom stereocenters. The van der Waals surface area contributed by atoms with Gasteiger partial charge in [-0.25, -0.2) is 4.39 Å². The van der Waals surface area contributed by atoms with Crippen molar-refractivity contribution >= 4 is 17.5 Å². The molecule has 0 N–H and O–H groups in total. The van der Waals surface area contributed by atoms with Gasteiger partial charge < -0.3 is 9.42 Å². The van der Waals surface area contributed by atoms with Gasteiger partial charge in [0.1, 0.15) is 5.82 Å². The topological polar surface area (TPSA) is 62.5 Å². The fourth-order valence-corrected chi connectivity index (χ4v) is 4.00. The van der Waals surface area contributed by atoms with Gasteiger partial charge in [-0.15, -0.1) is 0 Å². The molecule has 1 aliphatic rings. The van der Waals surface area contributed by atoms with Crippen LogP contribution in [-0.2, 0) is 17.9 Å².